The van der Waals surface area contributed by atoms with Gasteiger partial charge in [-0.15, -0.1) is 0 Å². The number of rotatable bonds is 5. The third-order valence-electron chi connectivity index (χ3n) is 4.81. The van der Waals surface area contributed by atoms with Crippen molar-refractivity contribution in [3.05, 3.63) is 34.9 Å². The molecule has 1 aromatic rings. The molecule has 1 saturated heterocycles. The Labute approximate surface area is 144 Å². The van der Waals surface area contributed by atoms with Gasteiger partial charge in [-0.3, -0.25) is 9.69 Å². The van der Waals surface area contributed by atoms with E-state index in [0.29, 0.717) is 23.7 Å². The molecule has 128 valence electrons. The molecule has 1 heterocycles. The van der Waals surface area contributed by atoms with Crippen LogP contribution in [0.4, 0.5) is 0 Å². The number of nitrogens with zero attached hydrogens (tertiary/aromatic N) is 2. The zero-order chi connectivity index (χ0) is 16.9. The summed E-state index contributed by atoms with van der Waals surface area (Å²) in [5.74, 6) is -0.00121. The van der Waals surface area contributed by atoms with Crippen molar-refractivity contribution in [2.24, 2.45) is 0 Å². The molecule has 4 nitrogen and oxygen atoms in total. The summed E-state index contributed by atoms with van der Waals surface area (Å²) in [6.07, 6.45) is 2.42. The highest BCUT2D eigenvalue weighted by atomic mass is 35.5. The number of hydrogen-bond donors (Lipinski definition) is 1. The number of hydrogen-bond acceptors (Lipinski definition) is 3. The third-order valence-corrected chi connectivity index (χ3v) is 5.14. The van der Waals surface area contributed by atoms with E-state index < -0.39 is 5.60 Å². The summed E-state index contributed by atoms with van der Waals surface area (Å²) >= 11 is 6.14. The van der Waals surface area contributed by atoms with Gasteiger partial charge in [0.15, 0.2) is 0 Å². The Balaban J connectivity index is 1.99. The lowest BCUT2D eigenvalue weighted by atomic mass is 9.97. The maximum atomic E-state index is 12.7. The van der Waals surface area contributed by atoms with Gasteiger partial charge in [0.05, 0.1) is 16.2 Å². The molecule has 1 N–H and O–H groups in total. The molecule has 1 aromatic carbocycles. The summed E-state index contributed by atoms with van der Waals surface area (Å²) in [6, 6.07) is 7.20. The number of β-amino-alcohol motifs (C(OH)–C–C–N with tert-alkyl or cyclic N) is 1. The highest BCUT2D eigenvalue weighted by molar-refractivity contribution is 6.33. The summed E-state index contributed by atoms with van der Waals surface area (Å²) in [5, 5.41) is 11.0. The van der Waals surface area contributed by atoms with Crippen LogP contribution in [0.2, 0.25) is 5.02 Å². The molecule has 0 bridgehead atoms. The molecule has 0 radical (unpaired) electrons. The second-order valence-electron chi connectivity index (χ2n) is 6.33. The Morgan fingerprint density at radius 1 is 1.17 bits per heavy atom. The molecule has 0 unspecified atom stereocenters. The van der Waals surface area contributed by atoms with Crippen LogP contribution < -0.4 is 0 Å². The van der Waals surface area contributed by atoms with Gasteiger partial charge in [-0.05, 0) is 31.4 Å². The Kier molecular flexibility index (Phi) is 6.45. The molecule has 23 heavy (non-hydrogen) atoms. The van der Waals surface area contributed by atoms with Crippen molar-refractivity contribution in [3.63, 3.8) is 0 Å². The standard InChI is InChI=1S/C18H27ClN2O2/c1-3-18(23,4-2)14-20-10-7-11-21(13-12-20)17(22)15-8-5-6-9-16(15)19/h5-6,8-9,23H,3-4,7,10-14H2,1-2H3. The largest absolute Gasteiger partial charge is 0.389 e. The summed E-state index contributed by atoms with van der Waals surface area (Å²) in [4.78, 5) is 16.8. The number of carbonyl (C=O) groups is 1. The van der Waals surface area contributed by atoms with E-state index in [1.165, 1.54) is 0 Å². The molecular weight excluding hydrogens is 312 g/mol. The summed E-state index contributed by atoms with van der Waals surface area (Å²) in [6.45, 7) is 7.83. The van der Waals surface area contributed by atoms with E-state index in [2.05, 4.69) is 4.90 Å². The van der Waals surface area contributed by atoms with E-state index in [4.69, 9.17) is 11.6 Å². The number of amides is 1. The van der Waals surface area contributed by atoms with E-state index in [1.54, 1.807) is 12.1 Å². The van der Waals surface area contributed by atoms with Gasteiger partial charge in [0, 0.05) is 32.7 Å². The molecule has 5 heteroatoms. The maximum Gasteiger partial charge on any atom is 0.255 e. The summed E-state index contributed by atoms with van der Waals surface area (Å²) in [5.41, 5.74) is -0.0525. The summed E-state index contributed by atoms with van der Waals surface area (Å²) in [7, 11) is 0. The minimum absolute atomic E-state index is 0.00121. The third kappa shape index (κ3) is 4.69. The highest BCUT2D eigenvalue weighted by Crippen LogP contribution is 2.20. The minimum atomic E-state index is -0.623. The fourth-order valence-corrected chi connectivity index (χ4v) is 3.24. The van der Waals surface area contributed by atoms with Crippen LogP contribution in [0, 0.1) is 0 Å². The van der Waals surface area contributed by atoms with Crippen molar-refractivity contribution in [1.29, 1.82) is 0 Å². The van der Waals surface area contributed by atoms with Crippen LogP contribution in [0.25, 0.3) is 0 Å². The van der Waals surface area contributed by atoms with Crippen LogP contribution >= 0.6 is 11.6 Å². The number of benzene rings is 1. The van der Waals surface area contributed by atoms with Gasteiger partial charge in [0.1, 0.15) is 0 Å². The smallest absolute Gasteiger partial charge is 0.255 e. The molecule has 0 atom stereocenters. The molecule has 0 aliphatic carbocycles. The first-order chi connectivity index (χ1) is 11.0. The lowest BCUT2D eigenvalue weighted by molar-refractivity contribution is -0.00224. The highest BCUT2D eigenvalue weighted by Gasteiger charge is 2.28. The summed E-state index contributed by atoms with van der Waals surface area (Å²) < 4.78 is 0. The van der Waals surface area contributed by atoms with E-state index >= 15 is 0 Å². The Morgan fingerprint density at radius 2 is 1.87 bits per heavy atom. The molecule has 2 rings (SSSR count). The van der Waals surface area contributed by atoms with Crippen LogP contribution in [-0.2, 0) is 0 Å². The van der Waals surface area contributed by atoms with Crippen molar-refractivity contribution < 1.29 is 9.90 Å². The van der Waals surface area contributed by atoms with Crippen molar-refractivity contribution >= 4 is 17.5 Å². The predicted molar refractivity (Wildman–Crippen MR) is 93.9 cm³/mol. The van der Waals surface area contributed by atoms with Gasteiger partial charge in [-0.1, -0.05) is 37.6 Å². The second-order valence-corrected chi connectivity index (χ2v) is 6.74. The normalized spacial score (nSPS) is 17.1. The zero-order valence-corrected chi connectivity index (χ0v) is 14.9. The fraction of sp³-hybridized carbons (Fsp3) is 0.611. The van der Waals surface area contributed by atoms with Crippen molar-refractivity contribution in [1.82, 2.24) is 9.80 Å². The van der Waals surface area contributed by atoms with E-state index in [-0.39, 0.29) is 5.91 Å². The van der Waals surface area contributed by atoms with Gasteiger partial charge >= 0.3 is 0 Å². The van der Waals surface area contributed by atoms with Crippen LogP contribution in [0.5, 0.6) is 0 Å². The molecule has 0 spiro atoms. The van der Waals surface area contributed by atoms with Crippen LogP contribution in [-0.4, -0.2) is 59.1 Å². The van der Waals surface area contributed by atoms with Gasteiger partial charge in [-0.2, -0.15) is 0 Å². The van der Waals surface area contributed by atoms with Crippen LogP contribution in [0.1, 0.15) is 43.5 Å². The Morgan fingerprint density at radius 3 is 2.52 bits per heavy atom. The lowest BCUT2D eigenvalue weighted by Crippen LogP contribution is -2.44. The first-order valence-corrected chi connectivity index (χ1v) is 8.85. The quantitative estimate of drug-likeness (QED) is 0.897. The average Bonchev–Trinajstić information content (AvgIpc) is 2.80. The molecule has 1 amide bonds. The Bertz CT molecular complexity index is 532. The zero-order valence-electron chi connectivity index (χ0n) is 14.1. The van der Waals surface area contributed by atoms with E-state index in [1.807, 2.05) is 30.9 Å². The topological polar surface area (TPSA) is 43.8 Å². The molecular formula is C18H27ClN2O2. The molecule has 0 aromatic heterocycles. The number of halogens is 1. The van der Waals surface area contributed by atoms with Gasteiger partial charge < -0.3 is 10.0 Å². The first-order valence-electron chi connectivity index (χ1n) is 8.47. The van der Waals surface area contributed by atoms with Crippen molar-refractivity contribution in [3.8, 4) is 0 Å². The number of carbonyl (C=O) groups excluding carboxylic acids is 1. The van der Waals surface area contributed by atoms with E-state index in [9.17, 15) is 9.90 Å². The van der Waals surface area contributed by atoms with Gasteiger partial charge in [-0.25, -0.2) is 0 Å². The SMILES string of the molecule is CCC(O)(CC)CN1CCCN(C(=O)c2ccccc2Cl)CC1. The van der Waals surface area contributed by atoms with Crippen molar-refractivity contribution in [2.45, 2.75) is 38.7 Å². The second kappa shape index (κ2) is 8.13. The monoisotopic (exact) mass is 338 g/mol. The first kappa shape index (κ1) is 18.2. The van der Waals surface area contributed by atoms with Crippen LogP contribution in [0.3, 0.4) is 0 Å². The lowest BCUT2D eigenvalue weighted by Gasteiger charge is -2.32. The molecule has 1 aliphatic rings. The number of aliphatic hydroxyl groups is 1. The molecule has 1 aliphatic heterocycles. The van der Waals surface area contributed by atoms with Crippen LogP contribution in [0.15, 0.2) is 24.3 Å². The minimum Gasteiger partial charge on any atom is -0.389 e. The van der Waals surface area contributed by atoms with Gasteiger partial charge in [0.2, 0.25) is 0 Å². The average molecular weight is 339 g/mol. The molecule has 1 fully saturated rings. The Hall–Kier alpha value is -1.10. The maximum absolute atomic E-state index is 12.7. The molecule has 0 saturated carbocycles. The van der Waals surface area contributed by atoms with E-state index in [0.717, 1.165) is 38.9 Å². The van der Waals surface area contributed by atoms with Crippen molar-refractivity contribution in [2.75, 3.05) is 32.7 Å². The fourth-order valence-electron chi connectivity index (χ4n) is 3.03. The van der Waals surface area contributed by atoms with Gasteiger partial charge in [0.25, 0.3) is 5.91 Å². The predicted octanol–water partition coefficient (Wildman–Crippen LogP) is 3.04.